The Balaban J connectivity index is 1.83. The lowest BCUT2D eigenvalue weighted by atomic mass is 9.96. The van der Waals surface area contributed by atoms with E-state index in [-0.39, 0.29) is 5.78 Å². The summed E-state index contributed by atoms with van der Waals surface area (Å²) >= 11 is 0. The topological polar surface area (TPSA) is 75.5 Å². The Labute approximate surface area is 174 Å². The second-order valence-corrected chi connectivity index (χ2v) is 6.64. The Bertz CT molecular complexity index is 1120. The van der Waals surface area contributed by atoms with Crippen LogP contribution in [0.2, 0.25) is 0 Å². The summed E-state index contributed by atoms with van der Waals surface area (Å²) in [6.45, 7) is 0. The lowest BCUT2D eigenvalue weighted by Gasteiger charge is -2.15. The Morgan fingerprint density at radius 2 is 1.80 bits per heavy atom. The molecule has 3 aromatic rings. The maximum atomic E-state index is 13.5. The number of carbonyl (C=O) groups is 1. The number of rotatable bonds is 7. The third kappa shape index (κ3) is 3.45. The van der Waals surface area contributed by atoms with E-state index in [0.717, 1.165) is 12.0 Å². The van der Waals surface area contributed by atoms with Gasteiger partial charge in [-0.1, -0.05) is 24.3 Å². The van der Waals surface area contributed by atoms with Crippen LogP contribution in [0, 0.1) is 0 Å². The minimum Gasteiger partial charge on any atom is -0.493 e. The van der Waals surface area contributed by atoms with Gasteiger partial charge in [0, 0.05) is 11.1 Å². The van der Waals surface area contributed by atoms with Crippen molar-refractivity contribution in [2.24, 2.45) is 0 Å². The number of hydrogen-bond donors (Lipinski definition) is 0. The van der Waals surface area contributed by atoms with Gasteiger partial charge in [0.25, 0.3) is 0 Å². The van der Waals surface area contributed by atoms with E-state index in [4.69, 9.17) is 14.2 Å². The lowest BCUT2D eigenvalue weighted by molar-refractivity contribution is 0.103. The van der Waals surface area contributed by atoms with Gasteiger partial charge in [0.05, 0.1) is 27.0 Å². The van der Waals surface area contributed by atoms with Crippen molar-refractivity contribution in [2.75, 3.05) is 21.3 Å². The van der Waals surface area contributed by atoms with Crippen LogP contribution in [0.1, 0.15) is 27.9 Å². The molecular formula is C23H21N3O4. The van der Waals surface area contributed by atoms with E-state index in [1.54, 1.807) is 23.1 Å². The second-order valence-electron chi connectivity index (χ2n) is 6.64. The van der Waals surface area contributed by atoms with Gasteiger partial charge in [-0.05, 0) is 41.8 Å². The van der Waals surface area contributed by atoms with E-state index in [2.05, 4.69) is 22.2 Å². The van der Waals surface area contributed by atoms with E-state index in [1.807, 2.05) is 24.3 Å². The van der Waals surface area contributed by atoms with Gasteiger partial charge < -0.3 is 14.2 Å². The van der Waals surface area contributed by atoms with Crippen molar-refractivity contribution in [1.29, 1.82) is 0 Å². The SMILES string of the molecule is COc1cc(C(=O)c2ccc(C3=CC=CC3)cc2-n2cncn2)cc(OC)c1OC. The van der Waals surface area contributed by atoms with Crippen LogP contribution in [0.4, 0.5) is 0 Å². The molecular weight excluding hydrogens is 382 g/mol. The van der Waals surface area contributed by atoms with Crippen molar-refractivity contribution >= 4 is 11.4 Å². The predicted molar refractivity (Wildman–Crippen MR) is 113 cm³/mol. The van der Waals surface area contributed by atoms with E-state index >= 15 is 0 Å². The first-order valence-corrected chi connectivity index (χ1v) is 9.36. The van der Waals surface area contributed by atoms with Crippen LogP contribution in [-0.2, 0) is 0 Å². The molecule has 152 valence electrons. The first kappa shape index (κ1) is 19.4. The van der Waals surface area contributed by atoms with Gasteiger partial charge in [-0.25, -0.2) is 9.67 Å². The van der Waals surface area contributed by atoms with Crippen LogP contribution >= 0.6 is 0 Å². The quantitative estimate of drug-likeness (QED) is 0.558. The molecule has 0 aliphatic heterocycles. The van der Waals surface area contributed by atoms with Gasteiger partial charge in [0.2, 0.25) is 5.75 Å². The summed E-state index contributed by atoms with van der Waals surface area (Å²) in [7, 11) is 4.56. The average Bonchev–Trinajstić information content (AvgIpc) is 3.51. The zero-order valence-corrected chi connectivity index (χ0v) is 17.0. The highest BCUT2D eigenvalue weighted by molar-refractivity contribution is 6.12. The molecule has 7 heteroatoms. The highest BCUT2D eigenvalue weighted by Gasteiger charge is 2.21. The van der Waals surface area contributed by atoms with E-state index < -0.39 is 0 Å². The summed E-state index contributed by atoms with van der Waals surface area (Å²) in [6, 6.07) is 9.01. The maximum absolute atomic E-state index is 13.5. The molecule has 0 saturated heterocycles. The highest BCUT2D eigenvalue weighted by atomic mass is 16.5. The van der Waals surface area contributed by atoms with Crippen molar-refractivity contribution in [1.82, 2.24) is 14.8 Å². The normalized spacial score (nSPS) is 12.6. The Morgan fingerprint density at radius 1 is 1.03 bits per heavy atom. The number of allylic oxidation sites excluding steroid dienone is 4. The fourth-order valence-electron chi connectivity index (χ4n) is 3.47. The van der Waals surface area contributed by atoms with E-state index in [9.17, 15) is 4.79 Å². The smallest absolute Gasteiger partial charge is 0.203 e. The molecule has 1 aliphatic carbocycles. The Morgan fingerprint density at radius 3 is 2.37 bits per heavy atom. The van der Waals surface area contributed by atoms with Crippen LogP contribution in [0.15, 0.2) is 61.2 Å². The first-order valence-electron chi connectivity index (χ1n) is 9.36. The van der Waals surface area contributed by atoms with Crippen LogP contribution in [0.25, 0.3) is 11.3 Å². The number of aromatic nitrogens is 3. The van der Waals surface area contributed by atoms with Gasteiger partial charge in [-0.3, -0.25) is 4.79 Å². The van der Waals surface area contributed by atoms with Crippen molar-refractivity contribution in [2.45, 2.75) is 6.42 Å². The summed E-state index contributed by atoms with van der Waals surface area (Å²) in [6.07, 6.45) is 10.1. The third-order valence-electron chi connectivity index (χ3n) is 4.98. The molecule has 0 fully saturated rings. The number of hydrogen-bond acceptors (Lipinski definition) is 6. The average molecular weight is 403 g/mol. The van der Waals surface area contributed by atoms with Crippen LogP contribution in [0.5, 0.6) is 17.2 Å². The molecule has 0 amide bonds. The van der Waals surface area contributed by atoms with E-state index in [1.165, 1.54) is 33.2 Å². The Kier molecular flexibility index (Phi) is 5.34. The molecule has 0 radical (unpaired) electrons. The third-order valence-corrected chi connectivity index (χ3v) is 4.98. The van der Waals surface area contributed by atoms with Gasteiger partial charge in [0.15, 0.2) is 17.3 Å². The van der Waals surface area contributed by atoms with Crippen molar-refractivity contribution < 1.29 is 19.0 Å². The molecule has 30 heavy (non-hydrogen) atoms. The minimum atomic E-state index is -0.190. The van der Waals surface area contributed by atoms with Gasteiger partial charge in [0.1, 0.15) is 12.7 Å². The first-order chi connectivity index (χ1) is 14.7. The van der Waals surface area contributed by atoms with Crippen molar-refractivity contribution in [3.05, 3.63) is 77.9 Å². The molecule has 1 aromatic heterocycles. The molecule has 0 saturated carbocycles. The fourth-order valence-corrected chi connectivity index (χ4v) is 3.47. The predicted octanol–water partition coefficient (Wildman–Crippen LogP) is 3.87. The molecule has 2 aromatic carbocycles. The molecule has 0 N–H and O–H groups in total. The standard InChI is InChI=1S/C23H21N3O4/c1-28-20-11-17(12-21(29-2)23(20)30-3)22(27)18-9-8-16(15-6-4-5-7-15)10-19(18)26-14-24-13-25-26/h4-6,8-14H,7H2,1-3H3. The lowest BCUT2D eigenvalue weighted by Crippen LogP contribution is -2.10. The zero-order valence-electron chi connectivity index (χ0n) is 17.0. The molecule has 1 aliphatic rings. The number of nitrogens with zero attached hydrogens (tertiary/aromatic N) is 3. The number of methoxy groups -OCH3 is 3. The largest absolute Gasteiger partial charge is 0.493 e. The van der Waals surface area contributed by atoms with Gasteiger partial charge in [-0.2, -0.15) is 5.10 Å². The number of ether oxygens (including phenoxy) is 3. The molecule has 0 unspecified atom stereocenters. The monoisotopic (exact) mass is 403 g/mol. The molecule has 0 atom stereocenters. The number of ketones is 1. The summed E-state index contributed by atoms with van der Waals surface area (Å²) in [5.74, 6) is 1.08. The highest BCUT2D eigenvalue weighted by Crippen LogP contribution is 2.39. The van der Waals surface area contributed by atoms with Gasteiger partial charge >= 0.3 is 0 Å². The molecule has 0 bridgehead atoms. The molecule has 4 rings (SSSR count). The van der Waals surface area contributed by atoms with Crippen LogP contribution in [-0.4, -0.2) is 41.9 Å². The van der Waals surface area contributed by atoms with E-state index in [0.29, 0.717) is 34.1 Å². The molecule has 0 spiro atoms. The van der Waals surface area contributed by atoms with Crippen LogP contribution < -0.4 is 14.2 Å². The van der Waals surface area contributed by atoms with Crippen molar-refractivity contribution in [3.63, 3.8) is 0 Å². The summed E-state index contributed by atoms with van der Waals surface area (Å²) in [5.41, 5.74) is 3.78. The fraction of sp³-hybridized carbons (Fsp3) is 0.174. The number of carbonyl (C=O) groups excluding carboxylic acids is 1. The minimum absolute atomic E-state index is 0.190. The second kappa shape index (κ2) is 8.24. The zero-order chi connectivity index (χ0) is 21.1. The summed E-state index contributed by atoms with van der Waals surface area (Å²) in [4.78, 5) is 17.5. The Hall–Kier alpha value is -3.87. The van der Waals surface area contributed by atoms with Crippen LogP contribution in [0.3, 0.4) is 0 Å². The van der Waals surface area contributed by atoms with Gasteiger partial charge in [-0.15, -0.1) is 0 Å². The van der Waals surface area contributed by atoms with Crippen molar-refractivity contribution in [3.8, 4) is 22.9 Å². The molecule has 7 nitrogen and oxygen atoms in total. The summed E-state index contributed by atoms with van der Waals surface area (Å²) in [5, 5.41) is 4.23. The summed E-state index contributed by atoms with van der Waals surface area (Å²) < 4.78 is 17.7. The maximum Gasteiger partial charge on any atom is 0.203 e. The number of benzene rings is 2. The molecule has 1 heterocycles.